The Morgan fingerprint density at radius 2 is 1.61 bits per heavy atom. The second kappa shape index (κ2) is 6.95. The predicted molar refractivity (Wildman–Crippen MR) is 81.9 cm³/mol. The molecule has 0 unspecified atom stereocenters. The van der Waals surface area contributed by atoms with E-state index in [1.165, 1.54) is 48.5 Å². The van der Waals surface area contributed by atoms with Crippen LogP contribution in [0.3, 0.4) is 0 Å². The zero-order chi connectivity index (χ0) is 17.1. The molecule has 0 saturated heterocycles. The van der Waals surface area contributed by atoms with Crippen molar-refractivity contribution in [1.29, 1.82) is 0 Å². The van der Waals surface area contributed by atoms with Crippen molar-refractivity contribution in [3.05, 3.63) is 65.2 Å². The van der Waals surface area contributed by atoms with Crippen molar-refractivity contribution in [3.63, 3.8) is 0 Å². The molecule has 0 spiro atoms. The van der Waals surface area contributed by atoms with Gasteiger partial charge >= 0.3 is 13.8 Å². The first kappa shape index (κ1) is 17.9. The minimum Gasteiger partial charge on any atom is -0.425 e. The summed E-state index contributed by atoms with van der Waals surface area (Å²) in [7, 11) is -4.01. The third kappa shape index (κ3) is 5.27. The smallest absolute Gasteiger partial charge is 0.419 e. The summed E-state index contributed by atoms with van der Waals surface area (Å²) in [4.78, 5) is 0. The number of hydrogen-bond donors (Lipinski definition) is 0. The van der Waals surface area contributed by atoms with E-state index in [9.17, 15) is 17.7 Å². The van der Waals surface area contributed by atoms with Crippen LogP contribution in [0.25, 0.3) is 0 Å². The van der Waals surface area contributed by atoms with Crippen LogP contribution in [0.5, 0.6) is 5.75 Å². The van der Waals surface area contributed by atoms with Gasteiger partial charge in [-0.2, -0.15) is 13.2 Å². The Balaban J connectivity index is 2.21. The van der Waals surface area contributed by atoms with E-state index in [1.807, 2.05) is 0 Å². The normalized spacial score (nSPS) is 15.7. The van der Waals surface area contributed by atoms with E-state index in [4.69, 9.17) is 20.6 Å². The van der Waals surface area contributed by atoms with Gasteiger partial charge < -0.3 is 4.52 Å². The number of rotatable bonds is 5. The van der Waals surface area contributed by atoms with E-state index < -0.39 is 19.9 Å². The van der Waals surface area contributed by atoms with E-state index in [0.717, 1.165) is 6.66 Å². The molecule has 0 aromatic heterocycles. The predicted octanol–water partition coefficient (Wildman–Crippen LogP) is 5.86. The van der Waals surface area contributed by atoms with Gasteiger partial charge in [0.2, 0.25) is 0 Å². The summed E-state index contributed by atoms with van der Waals surface area (Å²) in [6.45, 7) is 0.989. The van der Waals surface area contributed by atoms with Gasteiger partial charge in [0.05, 0.1) is 0 Å². The second-order valence-corrected chi connectivity index (χ2v) is 7.13. The third-order valence-corrected chi connectivity index (χ3v) is 4.17. The maximum atomic E-state index is 13.2. The molecule has 0 radical (unpaired) electrons. The highest BCUT2D eigenvalue weighted by atomic mass is 35.5. The molecule has 2 rings (SSSR count). The Kier molecular flexibility index (Phi) is 5.40. The molecule has 0 aliphatic heterocycles. The van der Waals surface area contributed by atoms with Crippen LogP contribution in [-0.2, 0) is 9.09 Å². The number of alkyl halides is 3. The first-order valence-corrected chi connectivity index (χ1v) is 8.87. The Bertz CT molecular complexity index is 689. The van der Waals surface area contributed by atoms with Gasteiger partial charge in [-0.1, -0.05) is 41.9 Å². The summed E-state index contributed by atoms with van der Waals surface area (Å²) >= 11 is 5.70. The third-order valence-electron chi connectivity index (χ3n) is 2.78. The Morgan fingerprint density at radius 3 is 2.13 bits per heavy atom. The first-order chi connectivity index (χ1) is 10.7. The molecule has 2 aromatic rings. The SMILES string of the molecule is C[P@@](=O)(Oc1ccc(Cl)cc1)O[C@H](c1ccccc1)C(F)(F)F. The van der Waals surface area contributed by atoms with Crippen molar-refractivity contribution in [2.75, 3.05) is 6.66 Å². The zero-order valence-corrected chi connectivity index (χ0v) is 13.6. The summed E-state index contributed by atoms with van der Waals surface area (Å²) in [5, 5.41) is 0.418. The van der Waals surface area contributed by atoms with Crippen LogP contribution in [0.4, 0.5) is 13.2 Å². The average Bonchev–Trinajstić information content (AvgIpc) is 2.47. The summed E-state index contributed by atoms with van der Waals surface area (Å²) in [6, 6.07) is 12.7. The Hall–Kier alpha value is -1.49. The average molecular weight is 365 g/mol. The molecule has 0 aliphatic carbocycles. The molecular formula is C15H13ClF3O3P. The minimum absolute atomic E-state index is 0.106. The van der Waals surface area contributed by atoms with Gasteiger partial charge in [-0.05, 0) is 29.8 Å². The van der Waals surface area contributed by atoms with Crippen molar-refractivity contribution in [1.82, 2.24) is 0 Å². The van der Waals surface area contributed by atoms with Crippen molar-refractivity contribution in [3.8, 4) is 5.75 Å². The topological polar surface area (TPSA) is 35.5 Å². The van der Waals surface area contributed by atoms with Gasteiger partial charge in [0.15, 0.2) is 6.10 Å². The van der Waals surface area contributed by atoms with Gasteiger partial charge in [-0.25, -0.2) is 4.57 Å². The molecule has 0 fully saturated rings. The highest BCUT2D eigenvalue weighted by molar-refractivity contribution is 7.53. The molecule has 124 valence electrons. The van der Waals surface area contributed by atoms with E-state index in [-0.39, 0.29) is 11.3 Å². The highest BCUT2D eigenvalue weighted by Crippen LogP contribution is 2.52. The van der Waals surface area contributed by atoms with Gasteiger partial charge in [0, 0.05) is 11.7 Å². The van der Waals surface area contributed by atoms with Crippen LogP contribution in [0.15, 0.2) is 54.6 Å². The molecule has 0 bridgehead atoms. The summed E-state index contributed by atoms with van der Waals surface area (Å²) in [5.41, 5.74) is -0.151. The molecule has 8 heteroatoms. The maximum Gasteiger partial charge on any atom is 0.419 e. The lowest BCUT2D eigenvalue weighted by molar-refractivity contribution is -0.199. The first-order valence-electron chi connectivity index (χ1n) is 6.50. The van der Waals surface area contributed by atoms with Crippen LogP contribution >= 0.6 is 19.2 Å². The molecule has 0 aliphatic rings. The lowest BCUT2D eigenvalue weighted by Crippen LogP contribution is -2.23. The minimum atomic E-state index is -4.73. The fraction of sp³-hybridized carbons (Fsp3) is 0.200. The quantitative estimate of drug-likeness (QED) is 0.623. The molecule has 0 amide bonds. The van der Waals surface area contributed by atoms with Gasteiger partial charge in [0.1, 0.15) is 5.75 Å². The summed E-state index contributed by atoms with van der Waals surface area (Å²) in [6.07, 6.45) is -7.07. The highest BCUT2D eigenvalue weighted by Gasteiger charge is 2.45. The monoisotopic (exact) mass is 364 g/mol. The van der Waals surface area contributed by atoms with Crippen molar-refractivity contribution in [2.45, 2.75) is 12.3 Å². The molecule has 2 atom stereocenters. The molecule has 0 saturated carbocycles. The van der Waals surface area contributed by atoms with Crippen LogP contribution in [-0.4, -0.2) is 12.8 Å². The van der Waals surface area contributed by atoms with E-state index >= 15 is 0 Å². The van der Waals surface area contributed by atoms with Gasteiger partial charge in [0.25, 0.3) is 0 Å². The fourth-order valence-electron chi connectivity index (χ4n) is 1.84. The van der Waals surface area contributed by atoms with Crippen molar-refractivity contribution >= 4 is 19.2 Å². The Labute approximate surface area is 136 Å². The zero-order valence-electron chi connectivity index (χ0n) is 12.0. The molecule has 23 heavy (non-hydrogen) atoms. The van der Waals surface area contributed by atoms with Crippen molar-refractivity contribution in [2.24, 2.45) is 0 Å². The van der Waals surface area contributed by atoms with E-state index in [0.29, 0.717) is 5.02 Å². The fourth-order valence-corrected chi connectivity index (χ4v) is 3.14. The van der Waals surface area contributed by atoms with Gasteiger partial charge in [-0.15, -0.1) is 0 Å². The van der Waals surface area contributed by atoms with Crippen LogP contribution in [0, 0.1) is 0 Å². The van der Waals surface area contributed by atoms with Gasteiger partial charge in [-0.3, -0.25) is 4.52 Å². The standard InChI is InChI=1S/C15H13ClF3O3P/c1-23(20,21-13-9-7-12(16)8-10-13)22-14(15(17,18)19)11-5-3-2-4-6-11/h2-10,14H,1H3/t14-,23-/m1/s1. The summed E-state index contributed by atoms with van der Waals surface area (Å²) in [5.74, 6) is 0.106. The second-order valence-electron chi connectivity index (χ2n) is 4.75. The molecule has 3 nitrogen and oxygen atoms in total. The van der Waals surface area contributed by atoms with E-state index in [1.54, 1.807) is 6.07 Å². The molecule has 0 heterocycles. The Morgan fingerprint density at radius 1 is 1.04 bits per heavy atom. The maximum absolute atomic E-state index is 13.2. The number of benzene rings is 2. The lowest BCUT2D eigenvalue weighted by atomic mass is 10.1. The lowest BCUT2D eigenvalue weighted by Gasteiger charge is -2.24. The van der Waals surface area contributed by atoms with Crippen LogP contribution in [0.2, 0.25) is 5.02 Å². The van der Waals surface area contributed by atoms with Crippen molar-refractivity contribution < 1.29 is 26.8 Å². The molecule has 2 aromatic carbocycles. The van der Waals surface area contributed by atoms with E-state index in [2.05, 4.69) is 0 Å². The van der Waals surface area contributed by atoms with Crippen LogP contribution in [0.1, 0.15) is 11.7 Å². The summed E-state index contributed by atoms with van der Waals surface area (Å²) < 4.78 is 61.8. The number of hydrogen-bond acceptors (Lipinski definition) is 3. The number of halogens is 4. The van der Waals surface area contributed by atoms with Crippen LogP contribution < -0.4 is 4.52 Å². The molecule has 0 N–H and O–H groups in total. The molecular weight excluding hydrogens is 352 g/mol. The largest absolute Gasteiger partial charge is 0.425 e.